The minimum Gasteiger partial charge on any atom is -0.490 e. The molecule has 2 heterocycles. The molecular weight excluding hydrogens is 471 g/mol. The quantitative estimate of drug-likeness (QED) is 0.597. The Kier molecular flexibility index (Phi) is 5.93. The molecule has 0 aliphatic carbocycles. The molecule has 1 aliphatic rings. The Labute approximate surface area is 194 Å². The molecule has 33 heavy (non-hydrogen) atoms. The molecule has 0 saturated carbocycles. The SMILES string of the molecule is CC(=O)N1CCOc2ccc(S(=O)(=O)Nc3ccc(-c4ccc(F)c(C#N)n4)c(Cl)c3)cc21. The van der Waals surface area contributed by atoms with Gasteiger partial charge >= 0.3 is 0 Å². The number of nitrogens with one attached hydrogen (secondary N) is 1. The summed E-state index contributed by atoms with van der Waals surface area (Å²) < 4.78 is 47.4. The van der Waals surface area contributed by atoms with Gasteiger partial charge in [-0.1, -0.05) is 11.6 Å². The van der Waals surface area contributed by atoms with E-state index in [9.17, 15) is 17.6 Å². The molecule has 0 fully saturated rings. The number of rotatable bonds is 4. The molecular formula is C22H16ClFN4O4S. The number of fused-ring (bicyclic) bond motifs is 1. The van der Waals surface area contributed by atoms with Crippen molar-refractivity contribution in [2.45, 2.75) is 11.8 Å². The van der Waals surface area contributed by atoms with Crippen molar-refractivity contribution in [3.05, 3.63) is 65.1 Å². The largest absolute Gasteiger partial charge is 0.490 e. The van der Waals surface area contributed by atoms with Gasteiger partial charge in [-0.15, -0.1) is 0 Å². The van der Waals surface area contributed by atoms with E-state index in [-0.39, 0.29) is 32.9 Å². The maximum atomic E-state index is 13.5. The fraction of sp³-hybridized carbons (Fsp3) is 0.136. The first-order valence-corrected chi connectivity index (χ1v) is 11.5. The first-order chi connectivity index (χ1) is 15.7. The Hall–Kier alpha value is -3.68. The fourth-order valence-electron chi connectivity index (χ4n) is 3.36. The number of benzene rings is 2. The second kappa shape index (κ2) is 8.69. The van der Waals surface area contributed by atoms with Gasteiger partial charge in [0.25, 0.3) is 10.0 Å². The van der Waals surface area contributed by atoms with Crippen LogP contribution in [0.5, 0.6) is 5.75 Å². The zero-order valence-corrected chi connectivity index (χ0v) is 18.7. The van der Waals surface area contributed by atoms with Crippen molar-refractivity contribution in [2.75, 3.05) is 22.8 Å². The first-order valence-electron chi connectivity index (χ1n) is 9.64. The maximum Gasteiger partial charge on any atom is 0.261 e. The number of nitrogens with zero attached hydrogens (tertiary/aromatic N) is 3. The van der Waals surface area contributed by atoms with Crippen LogP contribution in [0.25, 0.3) is 11.3 Å². The van der Waals surface area contributed by atoms with Crippen LogP contribution in [0.15, 0.2) is 53.4 Å². The lowest BCUT2D eigenvalue weighted by atomic mass is 10.1. The highest BCUT2D eigenvalue weighted by Crippen LogP contribution is 2.35. The number of hydrogen-bond acceptors (Lipinski definition) is 6. The lowest BCUT2D eigenvalue weighted by Gasteiger charge is -2.29. The summed E-state index contributed by atoms with van der Waals surface area (Å²) in [5.41, 5.74) is 0.860. The van der Waals surface area contributed by atoms with Gasteiger partial charge in [0.15, 0.2) is 11.5 Å². The normalized spacial score (nSPS) is 13.0. The number of halogens is 2. The Bertz CT molecular complexity index is 1420. The number of carbonyl (C=O) groups is 1. The Morgan fingerprint density at radius 2 is 2.03 bits per heavy atom. The summed E-state index contributed by atoms with van der Waals surface area (Å²) in [4.78, 5) is 17.2. The molecule has 168 valence electrons. The van der Waals surface area contributed by atoms with Crippen molar-refractivity contribution < 1.29 is 22.3 Å². The minimum absolute atomic E-state index is 0.0583. The van der Waals surface area contributed by atoms with E-state index in [1.807, 2.05) is 0 Å². The standard InChI is InChI=1S/C22H16ClFN4O4S/c1-13(29)28-8-9-32-22-7-3-15(11-21(22)28)33(30,31)27-14-2-4-16(17(23)10-14)19-6-5-18(24)20(12-25)26-19/h2-7,10-11,27H,8-9H2,1H3. The third kappa shape index (κ3) is 4.46. The first kappa shape index (κ1) is 22.5. The number of amides is 1. The van der Waals surface area contributed by atoms with E-state index in [0.717, 1.165) is 6.07 Å². The number of pyridine rings is 1. The number of sulfonamides is 1. The third-order valence-corrected chi connectivity index (χ3v) is 6.62. The van der Waals surface area contributed by atoms with E-state index in [1.165, 1.54) is 54.3 Å². The molecule has 3 aromatic rings. The van der Waals surface area contributed by atoms with Crippen molar-refractivity contribution in [2.24, 2.45) is 0 Å². The third-order valence-electron chi connectivity index (χ3n) is 4.93. The Balaban J connectivity index is 1.63. The number of nitriles is 1. The highest BCUT2D eigenvalue weighted by atomic mass is 35.5. The molecule has 0 saturated heterocycles. The highest BCUT2D eigenvalue weighted by molar-refractivity contribution is 7.92. The second-order valence-corrected chi connectivity index (χ2v) is 9.18. The molecule has 0 spiro atoms. The monoisotopic (exact) mass is 486 g/mol. The molecule has 0 radical (unpaired) electrons. The van der Waals surface area contributed by atoms with Gasteiger partial charge in [-0.2, -0.15) is 5.26 Å². The molecule has 11 heteroatoms. The average molecular weight is 487 g/mol. The smallest absolute Gasteiger partial charge is 0.261 e. The molecule has 1 aliphatic heterocycles. The average Bonchev–Trinajstić information content (AvgIpc) is 2.78. The van der Waals surface area contributed by atoms with Crippen molar-refractivity contribution in [1.82, 2.24) is 4.98 Å². The van der Waals surface area contributed by atoms with Gasteiger partial charge in [-0.3, -0.25) is 9.52 Å². The van der Waals surface area contributed by atoms with Crippen LogP contribution >= 0.6 is 11.6 Å². The molecule has 1 aromatic heterocycles. The number of aromatic nitrogens is 1. The second-order valence-electron chi connectivity index (χ2n) is 7.09. The summed E-state index contributed by atoms with van der Waals surface area (Å²) in [6.45, 7) is 2.04. The number of carbonyl (C=O) groups excluding carboxylic acids is 1. The van der Waals surface area contributed by atoms with Crippen molar-refractivity contribution in [3.8, 4) is 23.1 Å². The predicted octanol–water partition coefficient (Wildman–Crippen LogP) is 3.96. The van der Waals surface area contributed by atoms with E-state index in [0.29, 0.717) is 30.2 Å². The summed E-state index contributed by atoms with van der Waals surface area (Å²) in [5, 5.41) is 9.12. The molecule has 2 aromatic carbocycles. The highest BCUT2D eigenvalue weighted by Gasteiger charge is 2.25. The van der Waals surface area contributed by atoms with Crippen molar-refractivity contribution in [3.63, 3.8) is 0 Å². The number of anilines is 2. The molecule has 1 amide bonds. The van der Waals surface area contributed by atoms with Crippen molar-refractivity contribution in [1.29, 1.82) is 5.26 Å². The van der Waals surface area contributed by atoms with E-state index >= 15 is 0 Å². The summed E-state index contributed by atoms with van der Waals surface area (Å²) in [7, 11) is -4.02. The van der Waals surface area contributed by atoms with E-state index in [2.05, 4.69) is 9.71 Å². The molecule has 1 N–H and O–H groups in total. The summed E-state index contributed by atoms with van der Waals surface area (Å²) in [6.07, 6.45) is 0. The van der Waals surface area contributed by atoms with Crippen molar-refractivity contribution >= 4 is 38.9 Å². The lowest BCUT2D eigenvalue weighted by Crippen LogP contribution is -2.36. The van der Waals surface area contributed by atoms with Crippen LogP contribution in [0.1, 0.15) is 12.6 Å². The van der Waals surface area contributed by atoms with E-state index in [4.69, 9.17) is 21.6 Å². The van der Waals surface area contributed by atoms with Gasteiger partial charge < -0.3 is 9.64 Å². The van der Waals surface area contributed by atoms with Gasteiger partial charge in [0.1, 0.15) is 18.4 Å². The number of hydrogen-bond donors (Lipinski definition) is 1. The van der Waals surface area contributed by atoms with Crippen LogP contribution in [0.4, 0.5) is 15.8 Å². The topological polar surface area (TPSA) is 112 Å². The predicted molar refractivity (Wildman–Crippen MR) is 120 cm³/mol. The molecule has 4 rings (SSSR count). The van der Waals surface area contributed by atoms with Crippen LogP contribution < -0.4 is 14.4 Å². The van der Waals surface area contributed by atoms with E-state index in [1.54, 1.807) is 6.07 Å². The van der Waals surface area contributed by atoms with E-state index < -0.39 is 15.8 Å². The fourth-order valence-corrected chi connectivity index (χ4v) is 4.71. The van der Waals surface area contributed by atoms with Gasteiger partial charge in [0, 0.05) is 12.5 Å². The van der Waals surface area contributed by atoms with Crippen LogP contribution in [0.2, 0.25) is 5.02 Å². The summed E-state index contributed by atoms with van der Waals surface area (Å²) >= 11 is 6.31. The molecule has 0 bridgehead atoms. The Morgan fingerprint density at radius 3 is 2.73 bits per heavy atom. The van der Waals surface area contributed by atoms with Crippen LogP contribution in [0, 0.1) is 17.1 Å². The lowest BCUT2D eigenvalue weighted by molar-refractivity contribution is -0.116. The van der Waals surface area contributed by atoms with Crippen LogP contribution in [0.3, 0.4) is 0 Å². The Morgan fingerprint density at radius 1 is 1.24 bits per heavy atom. The van der Waals surface area contributed by atoms with Crippen LogP contribution in [-0.2, 0) is 14.8 Å². The molecule has 0 unspecified atom stereocenters. The van der Waals surface area contributed by atoms with Gasteiger partial charge in [-0.25, -0.2) is 17.8 Å². The van der Waals surface area contributed by atoms with Gasteiger partial charge in [-0.05, 0) is 48.5 Å². The summed E-state index contributed by atoms with van der Waals surface area (Å²) in [5.74, 6) is -0.551. The zero-order valence-electron chi connectivity index (χ0n) is 17.2. The number of ether oxygens (including phenoxy) is 1. The van der Waals surface area contributed by atoms with Gasteiger partial charge in [0.2, 0.25) is 5.91 Å². The zero-order chi connectivity index (χ0) is 23.8. The summed E-state index contributed by atoms with van der Waals surface area (Å²) in [6, 6.07) is 12.8. The van der Waals surface area contributed by atoms with Crippen LogP contribution in [-0.4, -0.2) is 32.5 Å². The van der Waals surface area contributed by atoms with Gasteiger partial charge in [0.05, 0.1) is 33.5 Å². The molecule has 8 nitrogen and oxygen atoms in total. The maximum absolute atomic E-state index is 13.5. The minimum atomic E-state index is -4.02. The molecule has 0 atom stereocenters.